The highest BCUT2D eigenvalue weighted by Gasteiger charge is 2.24. The molecule has 1 atom stereocenters. The van der Waals surface area contributed by atoms with E-state index in [0.717, 1.165) is 38.2 Å². The molecule has 0 saturated carbocycles. The Morgan fingerprint density at radius 2 is 2.06 bits per heavy atom. The maximum Gasteiger partial charge on any atom is 0.168 e. The molecule has 1 aromatic heterocycles. The van der Waals surface area contributed by atoms with Gasteiger partial charge in [-0.15, -0.1) is 11.6 Å². The molecule has 0 aliphatic carbocycles. The van der Waals surface area contributed by atoms with Gasteiger partial charge < -0.3 is 4.90 Å². The van der Waals surface area contributed by atoms with E-state index in [1.807, 2.05) is 11.8 Å². The van der Waals surface area contributed by atoms with Crippen molar-refractivity contribution in [3.63, 3.8) is 0 Å². The molecule has 0 amide bonds. The minimum Gasteiger partial charge on any atom is -0.354 e. The van der Waals surface area contributed by atoms with Gasteiger partial charge >= 0.3 is 0 Å². The number of rotatable bonds is 2. The number of piperidine rings is 1. The van der Waals surface area contributed by atoms with E-state index < -0.39 is 11.6 Å². The van der Waals surface area contributed by atoms with E-state index in [2.05, 4.69) is 4.98 Å². The smallest absolute Gasteiger partial charge is 0.168 e. The van der Waals surface area contributed by atoms with Gasteiger partial charge in [-0.1, -0.05) is 0 Å². The van der Waals surface area contributed by atoms with Gasteiger partial charge in [0.15, 0.2) is 11.6 Å². The summed E-state index contributed by atoms with van der Waals surface area (Å²) in [4.78, 5) is 5.67. The summed E-state index contributed by atoms with van der Waals surface area (Å²) in [7, 11) is 0. The fourth-order valence-corrected chi connectivity index (χ4v) is 2.46. The van der Waals surface area contributed by atoms with Gasteiger partial charge in [-0.25, -0.2) is 13.8 Å². The lowest BCUT2D eigenvalue weighted by Gasteiger charge is -2.33. The first-order valence-corrected chi connectivity index (χ1v) is 6.21. The van der Waals surface area contributed by atoms with Crippen LogP contribution in [0.15, 0.2) is 12.3 Å². The SMILES string of the molecule is CC(Cl)C1CCN(c2ncc(F)cc2F)CC1. The lowest BCUT2D eigenvalue weighted by Crippen LogP contribution is -2.37. The van der Waals surface area contributed by atoms with Crippen LogP contribution in [0.3, 0.4) is 0 Å². The van der Waals surface area contributed by atoms with E-state index in [-0.39, 0.29) is 11.2 Å². The van der Waals surface area contributed by atoms with Crippen LogP contribution in [0.4, 0.5) is 14.6 Å². The number of pyridine rings is 1. The van der Waals surface area contributed by atoms with Crippen LogP contribution in [0.25, 0.3) is 0 Å². The topological polar surface area (TPSA) is 16.1 Å². The molecule has 2 rings (SSSR count). The third-order valence-corrected chi connectivity index (χ3v) is 3.63. The average Bonchev–Trinajstić information content (AvgIpc) is 2.29. The predicted octanol–water partition coefficient (Wildman–Crippen LogP) is 3.20. The normalized spacial score (nSPS) is 19.4. The Hall–Kier alpha value is -0.900. The largest absolute Gasteiger partial charge is 0.354 e. The Bertz CT molecular complexity index is 390. The molecule has 1 aromatic rings. The third-order valence-electron chi connectivity index (χ3n) is 3.28. The highest BCUT2D eigenvalue weighted by molar-refractivity contribution is 6.20. The molecule has 2 heterocycles. The molecule has 2 nitrogen and oxygen atoms in total. The quantitative estimate of drug-likeness (QED) is 0.759. The second-order valence-corrected chi connectivity index (χ2v) is 5.15. The van der Waals surface area contributed by atoms with E-state index in [0.29, 0.717) is 5.92 Å². The molecule has 0 N–H and O–H groups in total. The number of anilines is 1. The van der Waals surface area contributed by atoms with Crippen LogP contribution >= 0.6 is 11.6 Å². The Kier molecular flexibility index (Phi) is 3.82. The van der Waals surface area contributed by atoms with Crippen LogP contribution in [0, 0.1) is 17.6 Å². The molecule has 0 aromatic carbocycles. The van der Waals surface area contributed by atoms with Crippen molar-refractivity contribution in [1.29, 1.82) is 0 Å². The first-order valence-electron chi connectivity index (χ1n) is 5.78. The number of halogens is 3. The zero-order chi connectivity index (χ0) is 12.4. The fraction of sp³-hybridized carbons (Fsp3) is 0.583. The zero-order valence-electron chi connectivity index (χ0n) is 9.67. The van der Waals surface area contributed by atoms with Gasteiger partial charge in [0.05, 0.1) is 6.20 Å². The van der Waals surface area contributed by atoms with Crippen molar-refractivity contribution in [3.8, 4) is 0 Å². The Morgan fingerprint density at radius 3 is 2.59 bits per heavy atom. The number of nitrogens with zero attached hydrogens (tertiary/aromatic N) is 2. The van der Waals surface area contributed by atoms with Gasteiger partial charge in [-0.2, -0.15) is 0 Å². The highest BCUT2D eigenvalue weighted by atomic mass is 35.5. The van der Waals surface area contributed by atoms with E-state index >= 15 is 0 Å². The lowest BCUT2D eigenvalue weighted by molar-refractivity contribution is 0.395. The maximum atomic E-state index is 13.5. The molecule has 5 heteroatoms. The van der Waals surface area contributed by atoms with Crippen LogP contribution in [0.1, 0.15) is 19.8 Å². The molecule has 0 bridgehead atoms. The summed E-state index contributed by atoms with van der Waals surface area (Å²) in [5.74, 6) is -0.526. The van der Waals surface area contributed by atoms with Gasteiger partial charge in [-0.3, -0.25) is 0 Å². The summed E-state index contributed by atoms with van der Waals surface area (Å²) in [5, 5.41) is 0.142. The monoisotopic (exact) mass is 260 g/mol. The maximum absolute atomic E-state index is 13.5. The molecule has 94 valence electrons. The third kappa shape index (κ3) is 2.86. The Morgan fingerprint density at radius 1 is 1.41 bits per heavy atom. The predicted molar refractivity (Wildman–Crippen MR) is 64.4 cm³/mol. The minimum atomic E-state index is -0.643. The lowest BCUT2D eigenvalue weighted by atomic mass is 9.94. The second-order valence-electron chi connectivity index (χ2n) is 4.46. The van der Waals surface area contributed by atoms with Crippen LogP contribution in [0.5, 0.6) is 0 Å². The van der Waals surface area contributed by atoms with Crippen molar-refractivity contribution in [2.24, 2.45) is 5.92 Å². The van der Waals surface area contributed by atoms with Crippen LogP contribution in [-0.4, -0.2) is 23.5 Å². The molecule has 0 radical (unpaired) electrons. The summed E-state index contributed by atoms with van der Waals surface area (Å²) in [6, 6.07) is 0.874. The molecular weight excluding hydrogens is 246 g/mol. The number of aromatic nitrogens is 1. The molecule has 1 saturated heterocycles. The van der Waals surface area contributed by atoms with Gasteiger partial charge in [0.1, 0.15) is 5.82 Å². The highest BCUT2D eigenvalue weighted by Crippen LogP contribution is 2.27. The van der Waals surface area contributed by atoms with Gasteiger partial charge in [0, 0.05) is 24.5 Å². The van der Waals surface area contributed by atoms with Gasteiger partial charge in [-0.05, 0) is 25.7 Å². The number of alkyl halides is 1. The van der Waals surface area contributed by atoms with Crippen molar-refractivity contribution in [1.82, 2.24) is 4.98 Å². The summed E-state index contributed by atoms with van der Waals surface area (Å²) in [6.07, 6.45) is 2.89. The summed E-state index contributed by atoms with van der Waals surface area (Å²) < 4.78 is 26.3. The second kappa shape index (κ2) is 5.17. The molecule has 17 heavy (non-hydrogen) atoms. The van der Waals surface area contributed by atoms with Crippen molar-refractivity contribution >= 4 is 17.4 Å². The van der Waals surface area contributed by atoms with Crippen molar-refractivity contribution in [3.05, 3.63) is 23.9 Å². The Labute approximate surface area is 105 Å². The first kappa shape index (κ1) is 12.6. The van der Waals surface area contributed by atoms with Gasteiger partial charge in [0.2, 0.25) is 0 Å². The van der Waals surface area contributed by atoms with E-state index in [1.165, 1.54) is 0 Å². The average molecular weight is 261 g/mol. The minimum absolute atomic E-state index is 0.142. The Balaban J connectivity index is 2.05. The number of hydrogen-bond acceptors (Lipinski definition) is 2. The van der Waals surface area contributed by atoms with Crippen LogP contribution in [-0.2, 0) is 0 Å². The standard InChI is InChI=1S/C12H15ClF2N2/c1-8(13)9-2-4-17(5-3-9)12-11(15)6-10(14)7-16-12/h6-9H,2-5H2,1H3. The van der Waals surface area contributed by atoms with Crippen LogP contribution in [0.2, 0.25) is 0 Å². The number of hydrogen-bond donors (Lipinski definition) is 0. The molecule has 1 aliphatic rings. The molecule has 0 spiro atoms. The zero-order valence-corrected chi connectivity index (χ0v) is 10.4. The molecular formula is C12H15ClF2N2. The molecule has 1 aliphatic heterocycles. The van der Waals surface area contributed by atoms with Crippen LogP contribution < -0.4 is 4.90 Å². The van der Waals surface area contributed by atoms with Crippen molar-refractivity contribution < 1.29 is 8.78 Å². The van der Waals surface area contributed by atoms with E-state index in [9.17, 15) is 8.78 Å². The first-order chi connectivity index (χ1) is 8.08. The van der Waals surface area contributed by atoms with Crippen molar-refractivity contribution in [2.45, 2.75) is 25.1 Å². The summed E-state index contributed by atoms with van der Waals surface area (Å²) in [5.41, 5.74) is 0. The van der Waals surface area contributed by atoms with E-state index in [1.54, 1.807) is 0 Å². The van der Waals surface area contributed by atoms with Crippen molar-refractivity contribution in [2.75, 3.05) is 18.0 Å². The summed E-state index contributed by atoms with van der Waals surface area (Å²) in [6.45, 7) is 3.42. The summed E-state index contributed by atoms with van der Waals surface area (Å²) >= 11 is 6.04. The molecule has 1 unspecified atom stereocenters. The van der Waals surface area contributed by atoms with E-state index in [4.69, 9.17) is 11.6 Å². The molecule has 1 fully saturated rings. The van der Waals surface area contributed by atoms with Gasteiger partial charge in [0.25, 0.3) is 0 Å². The fourth-order valence-electron chi connectivity index (χ4n) is 2.21.